The molecule has 114 valence electrons. The standard InChI is InChI=1S/C15H22F3NO/c1-11(2)8-13(10-20)19-14(9-15(16,17)18)12-6-4-3-5-7-12/h3-7,11,13-14,19-20H,8-10H2,1-2H3. The predicted octanol–water partition coefficient (Wildman–Crippen LogP) is 3.68. The minimum absolute atomic E-state index is 0.167. The fourth-order valence-corrected chi connectivity index (χ4v) is 2.24. The summed E-state index contributed by atoms with van der Waals surface area (Å²) in [7, 11) is 0. The van der Waals surface area contributed by atoms with Crippen LogP contribution in [0.1, 0.15) is 38.3 Å². The van der Waals surface area contributed by atoms with Gasteiger partial charge in [0.2, 0.25) is 0 Å². The number of hydrogen-bond acceptors (Lipinski definition) is 2. The highest BCUT2D eigenvalue weighted by Crippen LogP contribution is 2.30. The molecule has 2 N–H and O–H groups in total. The van der Waals surface area contributed by atoms with E-state index < -0.39 is 18.6 Å². The SMILES string of the molecule is CC(C)CC(CO)NC(CC(F)(F)F)c1ccccc1. The van der Waals surface area contributed by atoms with E-state index in [1.807, 2.05) is 13.8 Å². The fraction of sp³-hybridized carbons (Fsp3) is 0.600. The Hall–Kier alpha value is -1.07. The summed E-state index contributed by atoms with van der Waals surface area (Å²) in [5, 5.41) is 12.3. The van der Waals surface area contributed by atoms with Crippen molar-refractivity contribution < 1.29 is 18.3 Å². The van der Waals surface area contributed by atoms with E-state index in [9.17, 15) is 18.3 Å². The van der Waals surface area contributed by atoms with Gasteiger partial charge in [0, 0.05) is 12.1 Å². The van der Waals surface area contributed by atoms with E-state index >= 15 is 0 Å². The minimum atomic E-state index is -4.24. The number of halogens is 3. The third-order valence-corrected chi connectivity index (χ3v) is 3.05. The lowest BCUT2D eigenvalue weighted by Gasteiger charge is -2.27. The summed E-state index contributed by atoms with van der Waals surface area (Å²) in [6, 6.07) is 7.40. The maximum atomic E-state index is 12.7. The first-order chi connectivity index (χ1) is 9.31. The van der Waals surface area contributed by atoms with Crippen molar-refractivity contribution in [1.29, 1.82) is 0 Å². The summed E-state index contributed by atoms with van der Waals surface area (Å²) in [5.74, 6) is 0.307. The van der Waals surface area contributed by atoms with Gasteiger partial charge in [-0.2, -0.15) is 13.2 Å². The summed E-state index contributed by atoms with van der Waals surface area (Å²) in [5.41, 5.74) is 0.590. The smallest absolute Gasteiger partial charge is 0.390 e. The normalized spacial score (nSPS) is 15.3. The number of nitrogens with one attached hydrogen (secondary N) is 1. The van der Waals surface area contributed by atoms with Crippen molar-refractivity contribution in [2.75, 3.05) is 6.61 Å². The van der Waals surface area contributed by atoms with Crippen molar-refractivity contribution in [1.82, 2.24) is 5.32 Å². The topological polar surface area (TPSA) is 32.3 Å². The first kappa shape index (κ1) is 17.0. The molecule has 0 aliphatic carbocycles. The molecule has 0 aromatic heterocycles. The summed E-state index contributed by atoms with van der Waals surface area (Å²) >= 11 is 0. The monoisotopic (exact) mass is 289 g/mol. The average molecular weight is 289 g/mol. The molecule has 0 fully saturated rings. The Morgan fingerprint density at radius 1 is 1.15 bits per heavy atom. The van der Waals surface area contributed by atoms with Crippen LogP contribution in [-0.4, -0.2) is 23.9 Å². The number of aliphatic hydroxyl groups is 1. The van der Waals surface area contributed by atoms with Gasteiger partial charge in [-0.25, -0.2) is 0 Å². The van der Waals surface area contributed by atoms with Crippen molar-refractivity contribution in [2.45, 2.75) is 44.9 Å². The molecule has 0 aliphatic rings. The van der Waals surface area contributed by atoms with E-state index in [0.29, 0.717) is 17.9 Å². The highest BCUT2D eigenvalue weighted by atomic mass is 19.4. The minimum Gasteiger partial charge on any atom is -0.395 e. The zero-order chi connectivity index (χ0) is 15.2. The molecule has 0 amide bonds. The van der Waals surface area contributed by atoms with Gasteiger partial charge in [-0.1, -0.05) is 44.2 Å². The second-order valence-electron chi connectivity index (χ2n) is 5.46. The van der Waals surface area contributed by atoms with Crippen molar-refractivity contribution in [3.63, 3.8) is 0 Å². The molecule has 5 heteroatoms. The summed E-state index contributed by atoms with van der Waals surface area (Å²) in [4.78, 5) is 0. The van der Waals surface area contributed by atoms with Crippen LogP contribution in [0.2, 0.25) is 0 Å². The zero-order valence-corrected chi connectivity index (χ0v) is 11.8. The molecule has 0 aliphatic heterocycles. The zero-order valence-electron chi connectivity index (χ0n) is 11.8. The van der Waals surface area contributed by atoms with Crippen molar-refractivity contribution in [3.05, 3.63) is 35.9 Å². The Balaban J connectivity index is 2.82. The molecular weight excluding hydrogens is 267 g/mol. The Morgan fingerprint density at radius 3 is 2.20 bits per heavy atom. The van der Waals surface area contributed by atoms with Gasteiger partial charge >= 0.3 is 6.18 Å². The van der Waals surface area contributed by atoms with Gasteiger partial charge in [0.05, 0.1) is 13.0 Å². The van der Waals surface area contributed by atoms with Crippen molar-refractivity contribution in [3.8, 4) is 0 Å². The molecule has 0 bridgehead atoms. The number of alkyl halides is 3. The molecule has 2 nitrogen and oxygen atoms in total. The largest absolute Gasteiger partial charge is 0.395 e. The fourth-order valence-electron chi connectivity index (χ4n) is 2.24. The maximum absolute atomic E-state index is 12.7. The predicted molar refractivity (Wildman–Crippen MR) is 73.3 cm³/mol. The third kappa shape index (κ3) is 6.39. The van der Waals surface area contributed by atoms with Crippen LogP contribution in [0.3, 0.4) is 0 Å². The van der Waals surface area contributed by atoms with Gasteiger partial charge in [0.25, 0.3) is 0 Å². The Morgan fingerprint density at radius 2 is 1.75 bits per heavy atom. The number of rotatable bonds is 7. The lowest BCUT2D eigenvalue weighted by Crippen LogP contribution is -2.38. The molecule has 0 spiro atoms. The van der Waals surface area contributed by atoms with E-state index in [-0.39, 0.29) is 12.6 Å². The highest BCUT2D eigenvalue weighted by Gasteiger charge is 2.33. The molecule has 2 unspecified atom stereocenters. The van der Waals surface area contributed by atoms with Crippen LogP contribution in [0.25, 0.3) is 0 Å². The van der Waals surface area contributed by atoms with E-state index in [4.69, 9.17) is 0 Å². The van der Waals surface area contributed by atoms with Crippen LogP contribution in [0.5, 0.6) is 0 Å². The molecule has 2 atom stereocenters. The van der Waals surface area contributed by atoms with E-state index in [1.54, 1.807) is 30.3 Å². The average Bonchev–Trinajstić information content (AvgIpc) is 2.36. The lowest BCUT2D eigenvalue weighted by molar-refractivity contribution is -0.141. The number of benzene rings is 1. The molecular formula is C15H22F3NO. The van der Waals surface area contributed by atoms with Gasteiger partial charge in [-0.3, -0.25) is 0 Å². The van der Waals surface area contributed by atoms with Crippen LogP contribution >= 0.6 is 0 Å². The maximum Gasteiger partial charge on any atom is 0.390 e. The van der Waals surface area contributed by atoms with Gasteiger partial charge < -0.3 is 10.4 Å². The second-order valence-corrected chi connectivity index (χ2v) is 5.46. The first-order valence-electron chi connectivity index (χ1n) is 6.80. The van der Waals surface area contributed by atoms with Crippen LogP contribution in [0, 0.1) is 5.92 Å². The summed E-state index contributed by atoms with van der Waals surface area (Å²) < 4.78 is 38.1. The number of hydrogen-bond donors (Lipinski definition) is 2. The van der Waals surface area contributed by atoms with Gasteiger partial charge in [0.1, 0.15) is 0 Å². The molecule has 1 rings (SSSR count). The van der Waals surface area contributed by atoms with Gasteiger partial charge in [0.15, 0.2) is 0 Å². The quantitative estimate of drug-likeness (QED) is 0.802. The summed E-state index contributed by atoms with van der Waals surface area (Å²) in [6.07, 6.45) is -4.55. The molecule has 20 heavy (non-hydrogen) atoms. The van der Waals surface area contributed by atoms with E-state index in [0.717, 1.165) is 0 Å². The highest BCUT2D eigenvalue weighted by molar-refractivity contribution is 5.19. The number of aliphatic hydroxyl groups excluding tert-OH is 1. The van der Waals surface area contributed by atoms with Crippen molar-refractivity contribution >= 4 is 0 Å². The Bertz CT molecular complexity index is 378. The van der Waals surface area contributed by atoms with Crippen molar-refractivity contribution in [2.24, 2.45) is 5.92 Å². The molecule has 0 heterocycles. The summed E-state index contributed by atoms with van der Waals surface area (Å²) in [6.45, 7) is 3.79. The third-order valence-electron chi connectivity index (χ3n) is 3.05. The van der Waals surface area contributed by atoms with Crippen LogP contribution in [-0.2, 0) is 0 Å². The van der Waals surface area contributed by atoms with E-state index in [2.05, 4.69) is 5.32 Å². The molecule has 0 saturated heterocycles. The van der Waals surface area contributed by atoms with Crippen LogP contribution < -0.4 is 5.32 Å². The first-order valence-corrected chi connectivity index (χ1v) is 6.80. The van der Waals surface area contributed by atoms with Gasteiger partial charge in [-0.15, -0.1) is 0 Å². The van der Waals surface area contributed by atoms with E-state index in [1.165, 1.54) is 0 Å². The van der Waals surface area contributed by atoms with Crippen LogP contribution in [0.4, 0.5) is 13.2 Å². The molecule has 1 aromatic rings. The van der Waals surface area contributed by atoms with Crippen LogP contribution in [0.15, 0.2) is 30.3 Å². The molecule has 0 saturated carbocycles. The molecule has 1 aromatic carbocycles. The Kier molecular flexibility index (Phi) is 6.49. The van der Waals surface area contributed by atoms with Gasteiger partial charge in [-0.05, 0) is 17.9 Å². The Labute approximate surface area is 118 Å². The second kappa shape index (κ2) is 7.64. The molecule has 0 radical (unpaired) electrons. The lowest BCUT2D eigenvalue weighted by atomic mass is 9.99.